The molecule has 1 heterocycles. The van der Waals surface area contributed by atoms with Crippen LogP contribution in [0, 0.1) is 0 Å². The Morgan fingerprint density at radius 3 is 1.67 bits per heavy atom. The minimum absolute atomic E-state index is 0.905. The Kier molecular flexibility index (Phi) is 4.23. The molecule has 0 aromatic heterocycles. The Labute approximate surface area is 128 Å². The van der Waals surface area contributed by atoms with Gasteiger partial charge in [0.05, 0.1) is 0 Å². The van der Waals surface area contributed by atoms with Crippen LogP contribution >= 0.6 is 9.24 Å². The topological polar surface area (TPSA) is 18.5 Å². The number of hydrogen-bond acceptors (Lipinski definition) is 2. The van der Waals surface area contributed by atoms with Crippen LogP contribution in [-0.2, 0) is 0 Å². The predicted molar refractivity (Wildman–Crippen MR) is 94.0 cm³/mol. The lowest BCUT2D eigenvalue weighted by atomic mass is 10.1. The molecule has 21 heavy (non-hydrogen) atoms. The van der Waals surface area contributed by atoms with E-state index in [0.717, 1.165) is 11.5 Å². The summed E-state index contributed by atoms with van der Waals surface area (Å²) in [6.07, 6.45) is 0. The second kappa shape index (κ2) is 6.29. The molecule has 0 bridgehead atoms. The molecule has 0 aliphatic carbocycles. The van der Waals surface area contributed by atoms with E-state index in [4.69, 9.17) is 8.85 Å². The van der Waals surface area contributed by atoms with Gasteiger partial charge in [0.1, 0.15) is 11.5 Å². The molecule has 106 valence electrons. The monoisotopic (exact) mass is 312 g/mol. The fraction of sp³-hybridized carbons (Fsp3) is 0.0588. The second-order valence-electron chi connectivity index (χ2n) is 4.86. The van der Waals surface area contributed by atoms with E-state index in [-0.39, 0.29) is 0 Å². The molecule has 0 amide bonds. The first-order valence-corrected chi connectivity index (χ1v) is 9.56. The van der Waals surface area contributed by atoms with E-state index in [0.29, 0.717) is 0 Å². The van der Waals surface area contributed by atoms with E-state index >= 15 is 0 Å². The van der Waals surface area contributed by atoms with E-state index in [1.54, 1.807) is 0 Å². The van der Waals surface area contributed by atoms with Gasteiger partial charge in [-0.1, -0.05) is 54.6 Å². The maximum atomic E-state index is 5.63. The average molecular weight is 312 g/mol. The van der Waals surface area contributed by atoms with Gasteiger partial charge in [-0.3, -0.25) is 0 Å². The molecule has 2 nitrogen and oxygen atoms in total. The zero-order valence-electron chi connectivity index (χ0n) is 11.8. The predicted octanol–water partition coefficient (Wildman–Crippen LogP) is 3.65. The van der Waals surface area contributed by atoms with Gasteiger partial charge in [-0.2, -0.15) is 0 Å². The van der Waals surface area contributed by atoms with Crippen LogP contribution in [0.3, 0.4) is 0 Å². The summed E-state index contributed by atoms with van der Waals surface area (Å²) in [4.78, 5) is 0. The lowest BCUT2D eigenvalue weighted by Crippen LogP contribution is -2.18. The van der Waals surface area contributed by atoms with E-state index in [2.05, 4.69) is 33.5 Å². The van der Waals surface area contributed by atoms with Crippen LogP contribution in [0.15, 0.2) is 66.7 Å². The minimum atomic E-state index is -1.43. The highest BCUT2D eigenvalue weighted by Crippen LogP contribution is 2.36. The van der Waals surface area contributed by atoms with Crippen LogP contribution in [0.25, 0.3) is 10.8 Å². The van der Waals surface area contributed by atoms with Crippen molar-refractivity contribution in [2.24, 2.45) is 0 Å². The Bertz CT molecular complexity index is 702. The molecule has 0 radical (unpaired) electrons. The number of hydrogen-bond donors (Lipinski definition) is 0. The summed E-state index contributed by atoms with van der Waals surface area (Å²) in [5.41, 5.74) is 0. The third kappa shape index (κ3) is 3.44. The summed E-state index contributed by atoms with van der Waals surface area (Å²) in [6, 6.07) is 22.5. The Balaban J connectivity index is 0.000000160. The molecule has 0 N–H and O–H groups in total. The van der Waals surface area contributed by atoms with Gasteiger partial charge < -0.3 is 8.85 Å². The van der Waals surface area contributed by atoms with Gasteiger partial charge in [0.15, 0.2) is 0 Å². The lowest BCUT2D eigenvalue weighted by molar-refractivity contribution is 0.510. The Morgan fingerprint density at radius 2 is 1.24 bits per heavy atom. The van der Waals surface area contributed by atoms with E-state index in [9.17, 15) is 0 Å². The molecule has 3 aromatic carbocycles. The first kappa shape index (κ1) is 14.1. The zero-order valence-corrected chi connectivity index (χ0v) is 14.1. The molecule has 0 spiro atoms. The van der Waals surface area contributed by atoms with Crippen molar-refractivity contribution in [1.29, 1.82) is 0 Å². The van der Waals surface area contributed by atoms with Gasteiger partial charge in [-0.05, 0) is 34.8 Å². The summed E-state index contributed by atoms with van der Waals surface area (Å²) in [7, 11) is 1.20. The third-order valence-electron chi connectivity index (χ3n) is 3.20. The van der Waals surface area contributed by atoms with Crippen molar-refractivity contribution in [2.75, 3.05) is 0 Å². The molecule has 0 saturated heterocycles. The van der Waals surface area contributed by atoms with Crippen molar-refractivity contribution in [3.63, 3.8) is 0 Å². The van der Waals surface area contributed by atoms with Crippen LogP contribution in [0.4, 0.5) is 0 Å². The standard InChI is InChI=1S/C11H10O2Si.C6H7P/c1-14-12-10-6-8-4-2-3-5-9(8)7-11(10)13-14;7-6-4-2-1-3-5-6/h2-7,14H,1H3;1-5H,7H2. The fourth-order valence-corrected chi connectivity index (χ4v) is 3.57. The van der Waals surface area contributed by atoms with Crippen molar-refractivity contribution >= 4 is 34.6 Å². The quantitative estimate of drug-likeness (QED) is 0.466. The first-order valence-electron chi connectivity index (χ1n) is 6.89. The van der Waals surface area contributed by atoms with Gasteiger partial charge in [-0.15, -0.1) is 9.24 Å². The minimum Gasteiger partial charge on any atom is -0.511 e. The molecule has 0 fully saturated rings. The van der Waals surface area contributed by atoms with Gasteiger partial charge in [0.2, 0.25) is 0 Å². The molecular formula is C17H17O2PSi. The van der Waals surface area contributed by atoms with Gasteiger partial charge in [0.25, 0.3) is 0 Å². The van der Waals surface area contributed by atoms with Crippen LogP contribution in [0.2, 0.25) is 6.55 Å². The molecule has 3 aromatic rings. The summed E-state index contributed by atoms with van der Waals surface area (Å²) < 4.78 is 11.3. The van der Waals surface area contributed by atoms with E-state index < -0.39 is 9.28 Å². The number of fused-ring (bicyclic) bond motifs is 2. The number of rotatable bonds is 0. The maximum absolute atomic E-state index is 5.63. The van der Waals surface area contributed by atoms with Gasteiger partial charge >= 0.3 is 9.28 Å². The maximum Gasteiger partial charge on any atom is 0.441 e. The third-order valence-corrected chi connectivity index (χ3v) is 4.75. The summed E-state index contributed by atoms with van der Waals surface area (Å²) in [5.74, 6) is 1.81. The van der Waals surface area contributed by atoms with Crippen LogP contribution in [0.1, 0.15) is 0 Å². The van der Waals surface area contributed by atoms with Crippen LogP contribution in [-0.4, -0.2) is 9.28 Å². The fourth-order valence-electron chi connectivity index (χ4n) is 2.22. The molecule has 4 rings (SSSR count). The zero-order chi connectivity index (χ0) is 14.7. The van der Waals surface area contributed by atoms with Crippen molar-refractivity contribution in [1.82, 2.24) is 0 Å². The molecule has 1 aliphatic heterocycles. The largest absolute Gasteiger partial charge is 0.511 e. The van der Waals surface area contributed by atoms with E-state index in [1.165, 1.54) is 16.1 Å². The Hall–Kier alpha value is -1.83. The highest BCUT2D eigenvalue weighted by atomic mass is 31.0. The molecule has 4 heteroatoms. The van der Waals surface area contributed by atoms with Crippen molar-refractivity contribution in [2.45, 2.75) is 6.55 Å². The second-order valence-corrected chi connectivity index (χ2v) is 7.13. The Morgan fingerprint density at radius 1 is 0.762 bits per heavy atom. The molecule has 1 atom stereocenters. The van der Waals surface area contributed by atoms with Gasteiger partial charge in [0, 0.05) is 0 Å². The number of benzene rings is 3. The van der Waals surface area contributed by atoms with Crippen molar-refractivity contribution < 1.29 is 8.85 Å². The lowest BCUT2D eigenvalue weighted by Gasteiger charge is -2.00. The summed E-state index contributed by atoms with van der Waals surface area (Å²) >= 11 is 0. The first-order chi connectivity index (χ1) is 10.2. The smallest absolute Gasteiger partial charge is 0.441 e. The molecule has 1 unspecified atom stereocenters. The van der Waals surface area contributed by atoms with E-state index in [1.807, 2.05) is 49.0 Å². The van der Waals surface area contributed by atoms with Crippen molar-refractivity contribution in [3.8, 4) is 11.5 Å². The molecule has 1 aliphatic rings. The molecular weight excluding hydrogens is 295 g/mol. The van der Waals surface area contributed by atoms with Crippen LogP contribution < -0.4 is 14.2 Å². The normalized spacial score (nSPS) is 12.9. The van der Waals surface area contributed by atoms with Crippen LogP contribution in [0.5, 0.6) is 11.5 Å². The summed E-state index contributed by atoms with van der Waals surface area (Å²) in [6.45, 7) is 2.03. The van der Waals surface area contributed by atoms with Crippen molar-refractivity contribution in [3.05, 3.63) is 66.7 Å². The molecule has 0 saturated carbocycles. The highest BCUT2D eigenvalue weighted by Gasteiger charge is 2.22. The average Bonchev–Trinajstić information content (AvgIpc) is 2.85. The SMILES string of the molecule is C[SiH]1Oc2cc3ccccc3cc2O1.Pc1ccccc1. The summed E-state index contributed by atoms with van der Waals surface area (Å²) in [5, 5.41) is 3.65. The highest BCUT2D eigenvalue weighted by molar-refractivity contribution is 7.27. The van der Waals surface area contributed by atoms with Gasteiger partial charge in [-0.25, -0.2) is 0 Å².